The van der Waals surface area contributed by atoms with Crippen LogP contribution in [0.2, 0.25) is 0 Å². The van der Waals surface area contributed by atoms with Crippen LogP contribution in [0.5, 0.6) is 5.75 Å². The van der Waals surface area contributed by atoms with Crippen molar-refractivity contribution in [2.24, 2.45) is 5.92 Å². The van der Waals surface area contributed by atoms with Crippen LogP contribution in [0.4, 0.5) is 0 Å². The Labute approximate surface area is 154 Å². The van der Waals surface area contributed by atoms with Gasteiger partial charge in [-0.3, -0.25) is 4.79 Å². The summed E-state index contributed by atoms with van der Waals surface area (Å²) in [6.07, 6.45) is 8.98. The number of nitrogens with zero attached hydrogens (tertiary/aromatic N) is 4. The molecule has 0 atom stereocenters. The molecule has 2 heterocycles. The van der Waals surface area contributed by atoms with E-state index in [9.17, 15) is 4.79 Å². The Hall–Kier alpha value is -2.37. The van der Waals surface area contributed by atoms with Crippen molar-refractivity contribution in [3.63, 3.8) is 0 Å². The molecular weight excluding hydrogens is 328 g/mol. The first kappa shape index (κ1) is 17.1. The van der Waals surface area contributed by atoms with Crippen LogP contribution in [0, 0.1) is 5.92 Å². The molecule has 26 heavy (non-hydrogen) atoms. The topological polar surface area (TPSA) is 60.2 Å². The van der Waals surface area contributed by atoms with Gasteiger partial charge in [0.05, 0.1) is 12.2 Å². The van der Waals surface area contributed by atoms with Crippen molar-refractivity contribution in [1.29, 1.82) is 0 Å². The lowest BCUT2D eigenvalue weighted by Gasteiger charge is -2.39. The number of carbonyl (C=O) groups is 1. The Kier molecular flexibility index (Phi) is 5.18. The molecule has 1 amide bonds. The van der Waals surface area contributed by atoms with Crippen LogP contribution in [-0.2, 0) is 11.4 Å². The van der Waals surface area contributed by atoms with Crippen LogP contribution in [0.1, 0.15) is 50.3 Å². The van der Waals surface area contributed by atoms with Gasteiger partial charge in [0.15, 0.2) is 0 Å². The molecule has 1 saturated heterocycles. The Balaban J connectivity index is 1.20. The highest BCUT2D eigenvalue weighted by molar-refractivity contribution is 5.77. The predicted molar refractivity (Wildman–Crippen MR) is 97.6 cm³/mol. The first-order valence-electron chi connectivity index (χ1n) is 9.64. The van der Waals surface area contributed by atoms with Gasteiger partial charge in [-0.25, -0.2) is 4.68 Å². The number of hydrogen-bond donors (Lipinski definition) is 0. The molecule has 0 unspecified atom stereocenters. The molecule has 0 radical (unpaired) electrons. The first-order chi connectivity index (χ1) is 12.8. The highest BCUT2D eigenvalue weighted by atomic mass is 16.5. The van der Waals surface area contributed by atoms with E-state index in [2.05, 4.69) is 10.3 Å². The van der Waals surface area contributed by atoms with E-state index in [4.69, 9.17) is 4.74 Å². The fraction of sp³-hybridized carbons (Fsp3) is 0.550. The summed E-state index contributed by atoms with van der Waals surface area (Å²) in [6, 6.07) is 9.93. The van der Waals surface area contributed by atoms with Crippen molar-refractivity contribution in [3.8, 4) is 5.75 Å². The maximum Gasteiger partial charge on any atom is 0.222 e. The summed E-state index contributed by atoms with van der Waals surface area (Å²) < 4.78 is 7.56. The smallest absolute Gasteiger partial charge is 0.222 e. The number of rotatable bonds is 7. The van der Waals surface area contributed by atoms with Crippen LogP contribution in [-0.4, -0.2) is 38.9 Å². The van der Waals surface area contributed by atoms with E-state index < -0.39 is 0 Å². The third-order valence-electron chi connectivity index (χ3n) is 5.52. The van der Waals surface area contributed by atoms with E-state index in [0.29, 0.717) is 18.9 Å². The SMILES string of the molecule is O=C(CCC1CCCC1)N1CC(n2cc(COc3ccccc3)nn2)C1. The van der Waals surface area contributed by atoms with Crippen molar-refractivity contribution in [1.82, 2.24) is 19.9 Å². The van der Waals surface area contributed by atoms with E-state index in [0.717, 1.165) is 36.9 Å². The predicted octanol–water partition coefficient (Wildman–Crippen LogP) is 3.21. The number of aromatic nitrogens is 3. The number of ether oxygens (including phenoxy) is 1. The largest absolute Gasteiger partial charge is 0.487 e. The number of likely N-dealkylation sites (tertiary alicyclic amines) is 1. The summed E-state index contributed by atoms with van der Waals surface area (Å²) in [5.74, 6) is 1.89. The summed E-state index contributed by atoms with van der Waals surface area (Å²) in [6.45, 7) is 1.89. The molecule has 1 saturated carbocycles. The first-order valence-corrected chi connectivity index (χ1v) is 9.64. The number of amides is 1. The van der Waals surface area contributed by atoms with E-state index in [-0.39, 0.29) is 6.04 Å². The second-order valence-electron chi connectivity index (χ2n) is 7.43. The van der Waals surface area contributed by atoms with Crippen LogP contribution in [0.15, 0.2) is 36.5 Å². The zero-order valence-electron chi connectivity index (χ0n) is 15.1. The quantitative estimate of drug-likeness (QED) is 0.766. The lowest BCUT2D eigenvalue weighted by molar-refractivity contribution is -0.137. The van der Waals surface area contributed by atoms with Gasteiger partial charge in [0.1, 0.15) is 18.1 Å². The summed E-state index contributed by atoms with van der Waals surface area (Å²) >= 11 is 0. The van der Waals surface area contributed by atoms with Gasteiger partial charge < -0.3 is 9.64 Å². The Morgan fingerprint density at radius 3 is 2.69 bits per heavy atom. The fourth-order valence-electron chi connectivity index (χ4n) is 3.84. The molecule has 4 rings (SSSR count). The minimum absolute atomic E-state index is 0.239. The van der Waals surface area contributed by atoms with Crippen LogP contribution >= 0.6 is 0 Å². The van der Waals surface area contributed by atoms with E-state index in [1.165, 1.54) is 25.7 Å². The number of hydrogen-bond acceptors (Lipinski definition) is 4. The summed E-state index contributed by atoms with van der Waals surface area (Å²) in [4.78, 5) is 14.2. The molecule has 0 bridgehead atoms. The normalized spacial score (nSPS) is 18.1. The lowest BCUT2D eigenvalue weighted by atomic mass is 10.00. The van der Waals surface area contributed by atoms with Crippen LogP contribution < -0.4 is 4.74 Å². The highest BCUT2D eigenvalue weighted by Gasteiger charge is 2.32. The van der Waals surface area contributed by atoms with Crippen LogP contribution in [0.25, 0.3) is 0 Å². The van der Waals surface area contributed by atoms with Gasteiger partial charge in [-0.15, -0.1) is 5.10 Å². The standard InChI is InChI=1S/C20H26N4O2/c25-20(11-10-16-6-4-5-7-16)23-13-18(14-23)24-12-17(21-22-24)15-26-19-8-2-1-3-9-19/h1-3,8-9,12,16,18H,4-7,10-11,13-15H2. The van der Waals surface area contributed by atoms with E-state index in [1.54, 1.807) is 0 Å². The monoisotopic (exact) mass is 354 g/mol. The summed E-state index contributed by atoms with van der Waals surface area (Å²) in [5.41, 5.74) is 0.805. The van der Waals surface area contributed by atoms with Crippen molar-refractivity contribution in [2.75, 3.05) is 13.1 Å². The third-order valence-corrected chi connectivity index (χ3v) is 5.52. The number of para-hydroxylation sites is 1. The minimum atomic E-state index is 0.239. The van der Waals surface area contributed by atoms with Crippen molar-refractivity contribution in [3.05, 3.63) is 42.2 Å². The van der Waals surface area contributed by atoms with E-state index >= 15 is 0 Å². The maximum atomic E-state index is 12.3. The number of benzene rings is 1. The van der Waals surface area contributed by atoms with Gasteiger partial charge >= 0.3 is 0 Å². The maximum absolute atomic E-state index is 12.3. The molecule has 6 heteroatoms. The molecule has 138 valence electrons. The second-order valence-corrected chi connectivity index (χ2v) is 7.43. The van der Waals surface area contributed by atoms with Crippen molar-refractivity contribution < 1.29 is 9.53 Å². The van der Waals surface area contributed by atoms with Gasteiger partial charge in [0.2, 0.25) is 5.91 Å². The Morgan fingerprint density at radius 2 is 1.92 bits per heavy atom. The average molecular weight is 354 g/mol. The highest BCUT2D eigenvalue weighted by Crippen LogP contribution is 2.29. The lowest BCUT2D eigenvalue weighted by Crippen LogP contribution is -2.50. The molecule has 1 aliphatic heterocycles. The van der Waals surface area contributed by atoms with Gasteiger partial charge in [-0.1, -0.05) is 49.1 Å². The van der Waals surface area contributed by atoms with Gasteiger partial charge in [-0.05, 0) is 24.5 Å². The number of carbonyl (C=O) groups excluding carboxylic acids is 1. The van der Waals surface area contributed by atoms with Gasteiger partial charge in [-0.2, -0.15) is 0 Å². The molecule has 1 aromatic heterocycles. The molecular formula is C20H26N4O2. The Morgan fingerprint density at radius 1 is 1.15 bits per heavy atom. The zero-order chi connectivity index (χ0) is 17.8. The molecule has 0 N–H and O–H groups in total. The van der Waals surface area contributed by atoms with Crippen molar-refractivity contribution >= 4 is 5.91 Å². The fourth-order valence-corrected chi connectivity index (χ4v) is 3.84. The average Bonchev–Trinajstić information content (AvgIpc) is 3.30. The Bertz CT molecular complexity index is 718. The zero-order valence-corrected chi connectivity index (χ0v) is 15.1. The molecule has 6 nitrogen and oxygen atoms in total. The van der Waals surface area contributed by atoms with E-state index in [1.807, 2.05) is 46.1 Å². The van der Waals surface area contributed by atoms with Crippen LogP contribution in [0.3, 0.4) is 0 Å². The molecule has 0 spiro atoms. The van der Waals surface area contributed by atoms with Crippen molar-refractivity contribution in [2.45, 2.75) is 51.2 Å². The summed E-state index contributed by atoms with van der Waals surface area (Å²) in [5, 5.41) is 8.38. The molecule has 1 aromatic carbocycles. The van der Waals surface area contributed by atoms with Gasteiger partial charge in [0, 0.05) is 19.5 Å². The molecule has 2 fully saturated rings. The molecule has 1 aliphatic carbocycles. The third kappa shape index (κ3) is 4.06. The second kappa shape index (κ2) is 7.89. The molecule has 2 aliphatic rings. The minimum Gasteiger partial charge on any atom is -0.487 e. The van der Waals surface area contributed by atoms with Gasteiger partial charge in [0.25, 0.3) is 0 Å². The molecule has 2 aromatic rings. The summed E-state index contributed by atoms with van der Waals surface area (Å²) in [7, 11) is 0.